The van der Waals surface area contributed by atoms with Gasteiger partial charge in [-0.3, -0.25) is 19.3 Å². The molecule has 0 saturated carbocycles. The van der Waals surface area contributed by atoms with Crippen LogP contribution in [-0.4, -0.2) is 22.0 Å². The molecule has 2 aliphatic heterocycles. The fourth-order valence-electron chi connectivity index (χ4n) is 6.14. The molecule has 226 valence electrons. The molecule has 46 heavy (non-hydrogen) atoms. The number of carbonyl (C=O) groups is 2. The molecule has 2 aliphatic rings. The highest BCUT2D eigenvalue weighted by Gasteiger charge is 2.66. The lowest BCUT2D eigenvalue weighted by molar-refractivity contribution is -0.121. The molecule has 0 fully saturated rings. The third-order valence-corrected chi connectivity index (χ3v) is 10.7. The van der Waals surface area contributed by atoms with Gasteiger partial charge in [0, 0.05) is 16.3 Å². The second-order valence-corrected chi connectivity index (χ2v) is 13.3. The molecule has 6 aromatic rings. The lowest BCUT2D eigenvalue weighted by Gasteiger charge is -2.32. The summed E-state index contributed by atoms with van der Waals surface area (Å²) in [5.41, 5.74) is 0.321. The first-order chi connectivity index (χ1) is 22.4. The van der Waals surface area contributed by atoms with E-state index < -0.39 is 22.8 Å². The topological polar surface area (TPSA) is 96.6 Å². The zero-order chi connectivity index (χ0) is 31.6. The lowest BCUT2D eigenvalue weighted by atomic mass is 9.84. The molecule has 8 rings (SSSR count). The van der Waals surface area contributed by atoms with E-state index in [4.69, 9.17) is 16.0 Å². The third-order valence-electron chi connectivity index (χ3n) is 8.18. The third kappa shape index (κ3) is 4.23. The van der Waals surface area contributed by atoms with Gasteiger partial charge in [0.05, 0.1) is 23.2 Å². The molecule has 2 aromatic heterocycles. The van der Waals surface area contributed by atoms with Gasteiger partial charge in [0.2, 0.25) is 10.9 Å². The zero-order valence-electron chi connectivity index (χ0n) is 23.6. The van der Waals surface area contributed by atoms with Gasteiger partial charge in [-0.15, -0.1) is 10.2 Å². The molecule has 1 spiro atoms. The van der Waals surface area contributed by atoms with Crippen LogP contribution >= 0.6 is 34.7 Å². The van der Waals surface area contributed by atoms with Gasteiger partial charge in [-0.1, -0.05) is 95.4 Å². The number of rotatable bonds is 6. The van der Waals surface area contributed by atoms with Gasteiger partial charge < -0.3 is 9.32 Å². The molecule has 8 nitrogen and oxygen atoms in total. The number of amides is 2. The number of benzene rings is 4. The quantitative estimate of drug-likeness (QED) is 0.137. The van der Waals surface area contributed by atoms with Crippen LogP contribution in [0.2, 0.25) is 5.02 Å². The van der Waals surface area contributed by atoms with Crippen molar-refractivity contribution in [3.8, 4) is 0 Å². The van der Waals surface area contributed by atoms with Gasteiger partial charge in [-0.05, 0) is 47.5 Å². The highest BCUT2D eigenvalue weighted by molar-refractivity contribution is 8.00. The number of anilines is 2. The van der Waals surface area contributed by atoms with Crippen LogP contribution in [0.4, 0.5) is 15.2 Å². The van der Waals surface area contributed by atoms with Gasteiger partial charge in [0.25, 0.3) is 11.8 Å². The van der Waals surface area contributed by atoms with E-state index in [1.54, 1.807) is 77.7 Å². The molecule has 1 unspecified atom stereocenters. The van der Waals surface area contributed by atoms with Crippen molar-refractivity contribution in [1.82, 2.24) is 10.2 Å². The standard InChI is InChI=1S/C34H20ClFN4O4S2/c35-24-10-4-1-7-20(24)17-39-25-11-5-3-9-23(25)34(31(39)43)27-28(41)22-8-2-6-12-26(22)44-29(27)30(42)40(34)32-37-38-33(46-32)45-18-19-13-15-21(36)16-14-19/h1-16H,17-18H2. The summed E-state index contributed by atoms with van der Waals surface area (Å²) < 4.78 is 20.1. The summed E-state index contributed by atoms with van der Waals surface area (Å²) >= 11 is 9.01. The van der Waals surface area contributed by atoms with Crippen molar-refractivity contribution < 1.29 is 18.4 Å². The minimum Gasteiger partial charge on any atom is -0.450 e. The Morgan fingerprint density at radius 1 is 0.891 bits per heavy atom. The molecule has 4 heterocycles. The Hall–Kier alpha value is -4.84. The maximum Gasteiger partial charge on any atom is 0.297 e. The molecule has 12 heteroatoms. The molecule has 0 N–H and O–H groups in total. The van der Waals surface area contributed by atoms with Crippen molar-refractivity contribution in [2.75, 3.05) is 9.80 Å². The van der Waals surface area contributed by atoms with E-state index in [0.29, 0.717) is 31.9 Å². The minimum atomic E-state index is -1.91. The summed E-state index contributed by atoms with van der Waals surface area (Å²) in [6.45, 7) is 0.0996. The number of fused-ring (bicyclic) bond motifs is 5. The molecule has 0 saturated heterocycles. The normalized spacial score (nSPS) is 16.9. The molecule has 4 aromatic carbocycles. The van der Waals surface area contributed by atoms with E-state index in [0.717, 1.165) is 16.9 Å². The van der Waals surface area contributed by atoms with E-state index in [-0.39, 0.29) is 39.8 Å². The summed E-state index contributed by atoms with van der Waals surface area (Å²) in [6.07, 6.45) is 0. The molecule has 0 radical (unpaired) electrons. The zero-order valence-corrected chi connectivity index (χ0v) is 26.0. The Labute approximate surface area is 274 Å². The van der Waals surface area contributed by atoms with Gasteiger partial charge in [-0.2, -0.15) is 0 Å². The SMILES string of the molecule is O=C1c2oc3ccccc3c(=O)c2C2(C(=O)N(Cc3ccccc3Cl)c3ccccc32)N1c1nnc(SCc2ccc(F)cc2)s1. The maximum atomic E-state index is 15.1. The second kappa shape index (κ2) is 10.9. The van der Waals surface area contributed by atoms with E-state index >= 15 is 4.79 Å². The smallest absolute Gasteiger partial charge is 0.297 e. The number of aromatic nitrogens is 2. The van der Waals surface area contributed by atoms with E-state index in [1.807, 2.05) is 12.1 Å². The number of thioether (sulfide) groups is 1. The van der Waals surface area contributed by atoms with E-state index in [9.17, 15) is 14.0 Å². The summed E-state index contributed by atoms with van der Waals surface area (Å²) in [4.78, 5) is 46.7. The van der Waals surface area contributed by atoms with Crippen LogP contribution in [-0.2, 0) is 22.6 Å². The highest BCUT2D eigenvalue weighted by Crippen LogP contribution is 2.55. The average molecular weight is 667 g/mol. The largest absolute Gasteiger partial charge is 0.450 e. The number of para-hydroxylation sites is 2. The van der Waals surface area contributed by atoms with Gasteiger partial charge in [0.15, 0.2) is 15.3 Å². The Balaban J connectivity index is 1.31. The molecular formula is C34H20ClFN4O4S2. The van der Waals surface area contributed by atoms with Crippen LogP contribution in [0.15, 0.2) is 111 Å². The number of nitrogens with zero attached hydrogens (tertiary/aromatic N) is 4. The minimum absolute atomic E-state index is 0.0639. The first-order valence-corrected chi connectivity index (χ1v) is 16.3. The van der Waals surface area contributed by atoms with Crippen LogP contribution in [0, 0.1) is 5.82 Å². The number of halogens is 2. The van der Waals surface area contributed by atoms with Crippen molar-refractivity contribution in [3.05, 3.63) is 146 Å². The molecular weight excluding hydrogens is 647 g/mol. The Kier molecular flexibility index (Phi) is 6.78. The van der Waals surface area contributed by atoms with Crippen molar-refractivity contribution in [2.24, 2.45) is 0 Å². The fourth-order valence-corrected chi connectivity index (χ4v) is 8.18. The number of hydrogen-bond donors (Lipinski definition) is 0. The summed E-state index contributed by atoms with van der Waals surface area (Å²) in [6, 6.07) is 27.1. The van der Waals surface area contributed by atoms with Crippen molar-refractivity contribution in [2.45, 2.75) is 22.2 Å². The van der Waals surface area contributed by atoms with Crippen molar-refractivity contribution in [1.29, 1.82) is 0 Å². The van der Waals surface area contributed by atoms with Crippen LogP contribution < -0.4 is 15.2 Å². The monoisotopic (exact) mass is 666 g/mol. The van der Waals surface area contributed by atoms with Crippen LogP contribution in [0.3, 0.4) is 0 Å². The van der Waals surface area contributed by atoms with Crippen molar-refractivity contribution in [3.63, 3.8) is 0 Å². The summed E-state index contributed by atoms with van der Waals surface area (Å²) in [7, 11) is 0. The number of hydrogen-bond acceptors (Lipinski definition) is 8. The second-order valence-electron chi connectivity index (χ2n) is 10.7. The first-order valence-electron chi connectivity index (χ1n) is 14.1. The Bertz CT molecular complexity index is 2270. The number of carbonyl (C=O) groups excluding carboxylic acids is 2. The van der Waals surface area contributed by atoms with E-state index in [1.165, 1.54) is 28.8 Å². The van der Waals surface area contributed by atoms with Gasteiger partial charge in [0.1, 0.15) is 11.4 Å². The molecule has 0 bridgehead atoms. The van der Waals surface area contributed by atoms with Crippen LogP contribution in [0.5, 0.6) is 0 Å². The fraction of sp³-hybridized carbons (Fsp3) is 0.0882. The molecule has 1 atom stereocenters. The Morgan fingerprint density at radius 2 is 1.63 bits per heavy atom. The molecule has 2 amide bonds. The average Bonchev–Trinajstić information content (AvgIpc) is 3.71. The van der Waals surface area contributed by atoms with Gasteiger partial charge >= 0.3 is 0 Å². The molecule has 0 aliphatic carbocycles. The van der Waals surface area contributed by atoms with Crippen molar-refractivity contribution >= 4 is 68.3 Å². The predicted octanol–water partition coefficient (Wildman–Crippen LogP) is 7.18. The van der Waals surface area contributed by atoms with E-state index in [2.05, 4.69) is 10.2 Å². The Morgan fingerprint density at radius 3 is 2.46 bits per heavy atom. The van der Waals surface area contributed by atoms with Gasteiger partial charge in [-0.25, -0.2) is 4.39 Å². The first kappa shape index (κ1) is 28.6. The van der Waals surface area contributed by atoms with Crippen LogP contribution in [0.1, 0.15) is 32.8 Å². The van der Waals surface area contributed by atoms with Crippen LogP contribution in [0.25, 0.3) is 11.0 Å². The summed E-state index contributed by atoms with van der Waals surface area (Å²) in [5.74, 6) is -1.26. The maximum absolute atomic E-state index is 15.1. The lowest BCUT2D eigenvalue weighted by Crippen LogP contribution is -2.53. The highest BCUT2D eigenvalue weighted by atomic mass is 35.5. The predicted molar refractivity (Wildman–Crippen MR) is 175 cm³/mol. The summed E-state index contributed by atoms with van der Waals surface area (Å²) in [5, 5.41) is 9.53.